The molecule has 1 unspecified atom stereocenters. The summed E-state index contributed by atoms with van der Waals surface area (Å²) >= 11 is 0. The van der Waals surface area contributed by atoms with E-state index in [2.05, 4.69) is 22.8 Å². The van der Waals surface area contributed by atoms with E-state index in [-0.39, 0.29) is 29.6 Å². The molecule has 2 aliphatic heterocycles. The second-order valence-corrected chi connectivity index (χ2v) is 7.32. The van der Waals surface area contributed by atoms with E-state index in [1.54, 1.807) is 0 Å². The fraction of sp³-hybridized carbons (Fsp3) is 0.632. The molecule has 1 aliphatic carbocycles. The zero-order valence-electron chi connectivity index (χ0n) is 14.5. The molecule has 1 saturated carbocycles. The van der Waals surface area contributed by atoms with Crippen LogP contribution in [0.5, 0.6) is 11.5 Å². The highest BCUT2D eigenvalue weighted by Gasteiger charge is 2.36. The van der Waals surface area contributed by atoms with E-state index in [1.165, 1.54) is 24.8 Å². The Morgan fingerprint density at radius 1 is 1.20 bits per heavy atom. The van der Waals surface area contributed by atoms with E-state index in [0.717, 1.165) is 50.4 Å². The van der Waals surface area contributed by atoms with Gasteiger partial charge in [0.1, 0.15) is 0 Å². The van der Waals surface area contributed by atoms with Gasteiger partial charge in [0.15, 0.2) is 11.5 Å². The Hall–Kier alpha value is -1.46. The average Bonchev–Trinajstić information content (AvgIpc) is 3.31. The molecule has 0 radical (unpaired) electrons. The molecule has 1 aromatic carbocycles. The van der Waals surface area contributed by atoms with Gasteiger partial charge in [0.25, 0.3) is 0 Å². The van der Waals surface area contributed by atoms with Crippen LogP contribution in [-0.2, 0) is 10.2 Å². The molecule has 0 spiro atoms. The van der Waals surface area contributed by atoms with Gasteiger partial charge in [-0.2, -0.15) is 0 Å². The summed E-state index contributed by atoms with van der Waals surface area (Å²) < 4.78 is 11.0. The van der Waals surface area contributed by atoms with Crippen molar-refractivity contribution in [3.8, 4) is 11.5 Å². The lowest BCUT2D eigenvalue weighted by Gasteiger charge is -2.38. The quantitative estimate of drug-likeness (QED) is 0.860. The number of halogens is 1. The van der Waals surface area contributed by atoms with Gasteiger partial charge in [-0.25, -0.2) is 0 Å². The van der Waals surface area contributed by atoms with Gasteiger partial charge >= 0.3 is 0 Å². The summed E-state index contributed by atoms with van der Waals surface area (Å²) in [4.78, 5) is 12.5. The molecule has 3 aliphatic rings. The highest BCUT2D eigenvalue weighted by atomic mass is 35.5. The predicted molar refractivity (Wildman–Crippen MR) is 98.6 cm³/mol. The van der Waals surface area contributed by atoms with Gasteiger partial charge in [-0.15, -0.1) is 12.4 Å². The summed E-state index contributed by atoms with van der Waals surface area (Å²) in [5, 5.41) is 6.52. The van der Waals surface area contributed by atoms with E-state index in [4.69, 9.17) is 9.47 Å². The van der Waals surface area contributed by atoms with Crippen molar-refractivity contribution in [2.75, 3.05) is 26.4 Å². The van der Waals surface area contributed by atoms with Crippen LogP contribution in [0.3, 0.4) is 0 Å². The van der Waals surface area contributed by atoms with E-state index in [0.29, 0.717) is 6.79 Å². The molecule has 2 fully saturated rings. The summed E-state index contributed by atoms with van der Waals surface area (Å²) in [6, 6.07) is 6.29. The van der Waals surface area contributed by atoms with Crippen molar-refractivity contribution in [3.05, 3.63) is 23.8 Å². The number of hydrogen-bond donors (Lipinski definition) is 2. The lowest BCUT2D eigenvalue weighted by molar-refractivity contribution is -0.124. The van der Waals surface area contributed by atoms with Gasteiger partial charge in [0, 0.05) is 18.5 Å². The maximum Gasteiger partial charge on any atom is 0.231 e. The summed E-state index contributed by atoms with van der Waals surface area (Å²) in [6.45, 7) is 2.79. The number of nitrogens with one attached hydrogen (secondary N) is 2. The van der Waals surface area contributed by atoms with Crippen LogP contribution in [-0.4, -0.2) is 32.3 Å². The van der Waals surface area contributed by atoms with Crippen molar-refractivity contribution >= 4 is 18.3 Å². The Morgan fingerprint density at radius 2 is 2.00 bits per heavy atom. The second kappa shape index (κ2) is 7.83. The minimum Gasteiger partial charge on any atom is -0.454 e. The summed E-state index contributed by atoms with van der Waals surface area (Å²) in [6.07, 6.45) is 6.91. The smallest absolute Gasteiger partial charge is 0.231 e. The standard InChI is InChI=1S/C19H26N2O3.ClH/c22-18(14-6-9-20-11-14)21-12-19(7-2-1-3-8-19)15-4-5-16-17(10-15)24-13-23-16;/h4-5,10,14,20H,1-3,6-9,11-13H2,(H,21,22);1H. The SMILES string of the molecule is Cl.O=C(NCC1(c2ccc3c(c2)OCO3)CCCCC1)C1CCNC1. The lowest BCUT2D eigenvalue weighted by atomic mass is 9.69. The Bertz CT molecular complexity index is 611. The van der Waals surface area contributed by atoms with Gasteiger partial charge in [-0.1, -0.05) is 25.3 Å². The van der Waals surface area contributed by atoms with Crippen molar-refractivity contribution in [2.24, 2.45) is 5.92 Å². The van der Waals surface area contributed by atoms with Crippen molar-refractivity contribution in [2.45, 2.75) is 43.9 Å². The van der Waals surface area contributed by atoms with Crippen LogP contribution in [0.2, 0.25) is 0 Å². The van der Waals surface area contributed by atoms with Crippen molar-refractivity contribution in [1.29, 1.82) is 0 Å². The Kier molecular flexibility index (Phi) is 5.74. The van der Waals surface area contributed by atoms with Crippen molar-refractivity contribution in [3.63, 3.8) is 0 Å². The van der Waals surface area contributed by atoms with Crippen molar-refractivity contribution < 1.29 is 14.3 Å². The Balaban J connectivity index is 0.00000182. The number of rotatable bonds is 4. The van der Waals surface area contributed by atoms with Gasteiger partial charge in [-0.05, 0) is 43.5 Å². The predicted octanol–water partition coefficient (Wildman–Crippen LogP) is 2.76. The molecule has 1 atom stereocenters. The molecule has 138 valence electrons. The topological polar surface area (TPSA) is 59.6 Å². The molecule has 0 aromatic heterocycles. The summed E-state index contributed by atoms with van der Waals surface area (Å²) in [5.74, 6) is 1.99. The molecule has 25 heavy (non-hydrogen) atoms. The Morgan fingerprint density at radius 3 is 2.76 bits per heavy atom. The van der Waals surface area contributed by atoms with Crippen LogP contribution >= 0.6 is 12.4 Å². The maximum absolute atomic E-state index is 12.5. The molecule has 1 amide bonds. The van der Waals surface area contributed by atoms with E-state index < -0.39 is 0 Å². The zero-order chi connectivity index (χ0) is 16.4. The van der Waals surface area contributed by atoms with Crippen LogP contribution in [0, 0.1) is 5.92 Å². The number of carbonyl (C=O) groups is 1. The molecule has 1 saturated heterocycles. The first-order valence-corrected chi connectivity index (χ1v) is 9.15. The third kappa shape index (κ3) is 3.72. The van der Waals surface area contributed by atoms with Crippen LogP contribution in [0.4, 0.5) is 0 Å². The molecule has 4 rings (SSSR count). The van der Waals surface area contributed by atoms with E-state index >= 15 is 0 Å². The summed E-state index contributed by atoms with van der Waals surface area (Å²) in [7, 11) is 0. The highest BCUT2D eigenvalue weighted by molar-refractivity contribution is 5.85. The number of fused-ring (bicyclic) bond motifs is 1. The van der Waals surface area contributed by atoms with Gasteiger partial charge in [0.2, 0.25) is 12.7 Å². The normalized spacial score (nSPS) is 23.8. The third-order valence-corrected chi connectivity index (χ3v) is 5.83. The van der Waals surface area contributed by atoms with Crippen LogP contribution < -0.4 is 20.1 Å². The fourth-order valence-electron chi connectivity index (χ4n) is 4.30. The number of hydrogen-bond acceptors (Lipinski definition) is 4. The minimum atomic E-state index is 0. The van der Waals surface area contributed by atoms with E-state index in [9.17, 15) is 4.79 Å². The first-order valence-electron chi connectivity index (χ1n) is 9.15. The van der Waals surface area contributed by atoms with Crippen LogP contribution in [0.1, 0.15) is 44.1 Å². The van der Waals surface area contributed by atoms with Crippen LogP contribution in [0.15, 0.2) is 18.2 Å². The molecule has 1 aromatic rings. The molecule has 2 heterocycles. The maximum atomic E-state index is 12.5. The first-order chi connectivity index (χ1) is 11.8. The van der Waals surface area contributed by atoms with Crippen molar-refractivity contribution in [1.82, 2.24) is 10.6 Å². The monoisotopic (exact) mass is 366 g/mol. The van der Waals surface area contributed by atoms with Gasteiger partial charge in [-0.3, -0.25) is 4.79 Å². The molecule has 0 bridgehead atoms. The fourth-order valence-corrected chi connectivity index (χ4v) is 4.30. The molecule has 5 nitrogen and oxygen atoms in total. The number of amides is 1. The van der Waals surface area contributed by atoms with Gasteiger partial charge < -0.3 is 20.1 Å². The molecular weight excluding hydrogens is 340 g/mol. The number of ether oxygens (including phenoxy) is 2. The Labute approximate surface area is 155 Å². The second-order valence-electron chi connectivity index (χ2n) is 7.32. The molecule has 6 heteroatoms. The highest BCUT2D eigenvalue weighted by Crippen LogP contribution is 2.43. The van der Waals surface area contributed by atoms with E-state index in [1.807, 2.05) is 6.07 Å². The average molecular weight is 367 g/mol. The zero-order valence-corrected chi connectivity index (χ0v) is 15.3. The lowest BCUT2D eigenvalue weighted by Crippen LogP contribution is -2.44. The number of benzene rings is 1. The molecular formula is C19H27ClN2O3. The first kappa shape index (κ1) is 18.3. The third-order valence-electron chi connectivity index (χ3n) is 5.83. The minimum absolute atomic E-state index is 0. The largest absolute Gasteiger partial charge is 0.454 e. The number of carbonyl (C=O) groups excluding carboxylic acids is 1. The van der Waals surface area contributed by atoms with Crippen LogP contribution in [0.25, 0.3) is 0 Å². The van der Waals surface area contributed by atoms with Gasteiger partial charge in [0.05, 0.1) is 5.92 Å². The molecule has 2 N–H and O–H groups in total. The summed E-state index contributed by atoms with van der Waals surface area (Å²) in [5.41, 5.74) is 1.30.